The molecule has 0 radical (unpaired) electrons. The molecular weight excluding hydrogens is 192 g/mol. The minimum absolute atomic E-state index is 0.334. The third kappa shape index (κ3) is 1.94. The number of hydrogen-bond acceptors (Lipinski definition) is 5. The number of nitrogens with one attached hydrogen (secondary N) is 1. The normalized spacial score (nSPS) is 26.2. The molecule has 1 unspecified atom stereocenters. The van der Waals surface area contributed by atoms with Crippen LogP contribution >= 0.6 is 0 Å². The van der Waals surface area contributed by atoms with Crippen molar-refractivity contribution in [2.45, 2.75) is 13.3 Å². The van der Waals surface area contributed by atoms with Gasteiger partial charge in [0.1, 0.15) is 0 Å². The second-order valence-electron chi connectivity index (χ2n) is 4.62. The SMILES string of the molecule is CNCC1(C)CCN(c2nnnn2C)C1. The number of hydrogen-bond donors (Lipinski definition) is 1. The highest BCUT2D eigenvalue weighted by Gasteiger charge is 2.34. The van der Waals surface area contributed by atoms with Crippen molar-refractivity contribution in [1.29, 1.82) is 0 Å². The summed E-state index contributed by atoms with van der Waals surface area (Å²) in [5, 5.41) is 14.8. The summed E-state index contributed by atoms with van der Waals surface area (Å²) in [6, 6.07) is 0. The first-order chi connectivity index (χ1) is 7.14. The van der Waals surface area contributed by atoms with E-state index in [0.717, 1.165) is 25.6 Å². The predicted octanol–water partition coefficient (Wildman–Crippen LogP) is -0.354. The minimum atomic E-state index is 0.334. The van der Waals surface area contributed by atoms with E-state index in [9.17, 15) is 0 Å². The van der Waals surface area contributed by atoms with Crippen molar-refractivity contribution in [3.8, 4) is 0 Å². The van der Waals surface area contributed by atoms with Crippen LogP contribution in [0.25, 0.3) is 0 Å². The van der Waals surface area contributed by atoms with Gasteiger partial charge in [0.15, 0.2) is 0 Å². The second kappa shape index (κ2) is 3.77. The quantitative estimate of drug-likeness (QED) is 0.738. The molecule has 6 nitrogen and oxygen atoms in total. The molecule has 1 aliphatic rings. The van der Waals surface area contributed by atoms with Crippen LogP contribution in [0.3, 0.4) is 0 Å². The number of aryl methyl sites for hydroxylation is 1. The van der Waals surface area contributed by atoms with Gasteiger partial charge in [0, 0.05) is 26.7 Å². The zero-order valence-corrected chi connectivity index (χ0v) is 9.56. The Hall–Kier alpha value is -1.17. The summed E-state index contributed by atoms with van der Waals surface area (Å²) in [5.41, 5.74) is 0.334. The number of anilines is 1. The van der Waals surface area contributed by atoms with E-state index in [0.29, 0.717) is 5.41 Å². The summed E-state index contributed by atoms with van der Waals surface area (Å²) < 4.78 is 1.73. The van der Waals surface area contributed by atoms with Gasteiger partial charge in [-0.3, -0.25) is 0 Å². The zero-order chi connectivity index (χ0) is 10.9. The van der Waals surface area contributed by atoms with Gasteiger partial charge in [-0.05, 0) is 29.3 Å². The van der Waals surface area contributed by atoms with Gasteiger partial charge in [-0.15, -0.1) is 0 Å². The third-order valence-corrected chi connectivity index (χ3v) is 3.04. The van der Waals surface area contributed by atoms with Gasteiger partial charge in [-0.25, -0.2) is 4.68 Å². The fourth-order valence-electron chi connectivity index (χ4n) is 2.26. The van der Waals surface area contributed by atoms with Crippen molar-refractivity contribution in [3.05, 3.63) is 0 Å². The van der Waals surface area contributed by atoms with Crippen molar-refractivity contribution in [2.75, 3.05) is 31.6 Å². The Morgan fingerprint density at radius 1 is 1.53 bits per heavy atom. The number of rotatable bonds is 3. The number of nitrogens with zero attached hydrogens (tertiary/aromatic N) is 5. The van der Waals surface area contributed by atoms with E-state index in [-0.39, 0.29) is 0 Å². The van der Waals surface area contributed by atoms with Crippen LogP contribution in [-0.4, -0.2) is 46.9 Å². The Kier molecular flexibility index (Phi) is 2.60. The molecule has 0 aliphatic carbocycles. The number of aromatic nitrogens is 4. The monoisotopic (exact) mass is 210 g/mol. The Labute approximate surface area is 89.6 Å². The molecule has 0 bridgehead atoms. The lowest BCUT2D eigenvalue weighted by Crippen LogP contribution is -2.33. The molecule has 1 fully saturated rings. The first-order valence-electron chi connectivity index (χ1n) is 5.26. The summed E-state index contributed by atoms with van der Waals surface area (Å²) in [5.74, 6) is 0.870. The largest absolute Gasteiger partial charge is 0.339 e. The topological polar surface area (TPSA) is 58.9 Å². The van der Waals surface area contributed by atoms with E-state index in [2.05, 4.69) is 32.7 Å². The molecule has 15 heavy (non-hydrogen) atoms. The van der Waals surface area contributed by atoms with Crippen LogP contribution in [0, 0.1) is 5.41 Å². The Morgan fingerprint density at radius 3 is 2.93 bits per heavy atom. The molecule has 1 aliphatic heterocycles. The average Bonchev–Trinajstić information content (AvgIpc) is 2.73. The van der Waals surface area contributed by atoms with Gasteiger partial charge in [0.25, 0.3) is 0 Å². The van der Waals surface area contributed by atoms with Crippen LogP contribution in [-0.2, 0) is 7.05 Å². The van der Waals surface area contributed by atoms with E-state index >= 15 is 0 Å². The lowest BCUT2D eigenvalue weighted by Gasteiger charge is -2.23. The van der Waals surface area contributed by atoms with E-state index < -0.39 is 0 Å². The highest BCUT2D eigenvalue weighted by molar-refractivity contribution is 5.30. The predicted molar refractivity (Wildman–Crippen MR) is 57.7 cm³/mol. The summed E-state index contributed by atoms with van der Waals surface area (Å²) in [6.07, 6.45) is 1.18. The zero-order valence-electron chi connectivity index (χ0n) is 9.56. The summed E-state index contributed by atoms with van der Waals surface area (Å²) in [4.78, 5) is 2.25. The Balaban J connectivity index is 2.07. The summed E-state index contributed by atoms with van der Waals surface area (Å²) in [6.45, 7) is 5.39. The van der Waals surface area contributed by atoms with Crippen LogP contribution in [0.5, 0.6) is 0 Å². The van der Waals surface area contributed by atoms with Gasteiger partial charge in [-0.1, -0.05) is 12.0 Å². The maximum atomic E-state index is 4.03. The highest BCUT2D eigenvalue weighted by atomic mass is 15.6. The number of tetrazole rings is 1. The molecule has 2 rings (SSSR count). The smallest absolute Gasteiger partial charge is 0.245 e. The molecule has 84 valence electrons. The minimum Gasteiger partial charge on any atom is -0.339 e. The maximum Gasteiger partial charge on any atom is 0.245 e. The molecular formula is C9H18N6. The van der Waals surface area contributed by atoms with E-state index in [1.54, 1.807) is 4.68 Å². The summed E-state index contributed by atoms with van der Waals surface area (Å²) >= 11 is 0. The van der Waals surface area contributed by atoms with E-state index in [1.807, 2.05) is 14.1 Å². The lowest BCUT2D eigenvalue weighted by molar-refractivity contribution is 0.355. The molecule has 1 aromatic heterocycles. The van der Waals surface area contributed by atoms with Crippen molar-refractivity contribution < 1.29 is 0 Å². The Morgan fingerprint density at radius 2 is 2.33 bits per heavy atom. The Bertz CT molecular complexity index is 335. The highest BCUT2D eigenvalue weighted by Crippen LogP contribution is 2.30. The molecule has 0 aromatic carbocycles. The van der Waals surface area contributed by atoms with Gasteiger partial charge in [-0.2, -0.15) is 0 Å². The average molecular weight is 210 g/mol. The molecule has 1 atom stereocenters. The van der Waals surface area contributed by atoms with Crippen LogP contribution in [0.2, 0.25) is 0 Å². The molecule has 2 heterocycles. The van der Waals surface area contributed by atoms with Crippen molar-refractivity contribution in [3.63, 3.8) is 0 Å². The molecule has 1 saturated heterocycles. The second-order valence-corrected chi connectivity index (χ2v) is 4.62. The van der Waals surface area contributed by atoms with Crippen LogP contribution in [0.15, 0.2) is 0 Å². The van der Waals surface area contributed by atoms with Crippen LogP contribution in [0.4, 0.5) is 5.95 Å². The molecule has 6 heteroatoms. The van der Waals surface area contributed by atoms with E-state index in [1.165, 1.54) is 6.42 Å². The first-order valence-corrected chi connectivity index (χ1v) is 5.26. The van der Waals surface area contributed by atoms with E-state index in [4.69, 9.17) is 0 Å². The standard InChI is InChI=1S/C9H18N6/c1-9(6-10-2)4-5-15(7-9)8-11-12-13-14(8)3/h10H,4-7H2,1-3H3. The maximum absolute atomic E-state index is 4.03. The lowest BCUT2D eigenvalue weighted by atomic mass is 9.90. The van der Waals surface area contributed by atoms with Gasteiger partial charge in [0.05, 0.1) is 0 Å². The molecule has 1 N–H and O–H groups in total. The molecule has 0 amide bonds. The van der Waals surface area contributed by atoms with Crippen molar-refractivity contribution in [1.82, 2.24) is 25.5 Å². The van der Waals surface area contributed by atoms with Gasteiger partial charge >= 0.3 is 0 Å². The van der Waals surface area contributed by atoms with Gasteiger partial charge < -0.3 is 10.2 Å². The van der Waals surface area contributed by atoms with Gasteiger partial charge in [0.2, 0.25) is 5.95 Å². The third-order valence-electron chi connectivity index (χ3n) is 3.04. The van der Waals surface area contributed by atoms with Crippen molar-refractivity contribution in [2.24, 2.45) is 12.5 Å². The summed E-state index contributed by atoms with van der Waals surface area (Å²) in [7, 11) is 3.88. The molecule has 1 aromatic rings. The molecule has 0 spiro atoms. The fourth-order valence-corrected chi connectivity index (χ4v) is 2.26. The fraction of sp³-hybridized carbons (Fsp3) is 0.889. The molecule has 0 saturated carbocycles. The van der Waals surface area contributed by atoms with Crippen molar-refractivity contribution >= 4 is 5.95 Å². The van der Waals surface area contributed by atoms with Crippen LogP contribution < -0.4 is 10.2 Å². The first kappa shape index (κ1) is 10.4. The van der Waals surface area contributed by atoms with Crippen LogP contribution in [0.1, 0.15) is 13.3 Å².